The molecular formula is C13H22N2O. The molecule has 3 nitrogen and oxygen atoms in total. The smallest absolute Gasteiger partial charge is 0.144 e. The molecule has 0 aromatic heterocycles. The fraction of sp³-hybridized carbons (Fsp3) is 0.538. The van der Waals surface area contributed by atoms with Crippen molar-refractivity contribution in [3.8, 4) is 5.75 Å². The molecule has 0 saturated carbocycles. The molecule has 0 amide bonds. The van der Waals surface area contributed by atoms with Crippen molar-refractivity contribution in [3.63, 3.8) is 0 Å². The van der Waals surface area contributed by atoms with Gasteiger partial charge in [0, 0.05) is 13.1 Å². The van der Waals surface area contributed by atoms with Crippen LogP contribution in [0.15, 0.2) is 18.2 Å². The summed E-state index contributed by atoms with van der Waals surface area (Å²) in [6, 6.07) is 6.31. The van der Waals surface area contributed by atoms with E-state index in [4.69, 9.17) is 10.5 Å². The van der Waals surface area contributed by atoms with E-state index in [1.54, 1.807) is 0 Å². The molecule has 3 heteroatoms. The van der Waals surface area contributed by atoms with Gasteiger partial charge in [-0.15, -0.1) is 0 Å². The van der Waals surface area contributed by atoms with Gasteiger partial charge in [-0.3, -0.25) is 0 Å². The zero-order valence-electron chi connectivity index (χ0n) is 10.8. The summed E-state index contributed by atoms with van der Waals surface area (Å²) in [4.78, 5) is 2.14. The van der Waals surface area contributed by atoms with Crippen LogP contribution in [0.1, 0.15) is 27.7 Å². The second-order valence-corrected chi connectivity index (χ2v) is 4.56. The standard InChI is InChI=1S/C13H22N2O/c1-9(2)15(5)11-7-6-8-12(13(11)14)16-10(3)4/h6-10H,14H2,1-5H3. The summed E-state index contributed by atoms with van der Waals surface area (Å²) in [6.45, 7) is 8.27. The van der Waals surface area contributed by atoms with Crippen molar-refractivity contribution >= 4 is 11.4 Å². The van der Waals surface area contributed by atoms with Crippen molar-refractivity contribution in [2.45, 2.75) is 39.8 Å². The SMILES string of the molecule is CC(C)Oc1cccc(N(C)C(C)C)c1N. The van der Waals surface area contributed by atoms with Gasteiger partial charge < -0.3 is 15.4 Å². The number of nitrogen functional groups attached to an aromatic ring is 1. The van der Waals surface area contributed by atoms with Crippen molar-refractivity contribution < 1.29 is 4.74 Å². The molecule has 0 radical (unpaired) electrons. The van der Waals surface area contributed by atoms with E-state index in [0.717, 1.165) is 11.4 Å². The van der Waals surface area contributed by atoms with Gasteiger partial charge in [-0.25, -0.2) is 0 Å². The maximum atomic E-state index is 6.10. The van der Waals surface area contributed by atoms with Crippen LogP contribution < -0.4 is 15.4 Å². The van der Waals surface area contributed by atoms with E-state index >= 15 is 0 Å². The minimum Gasteiger partial charge on any atom is -0.489 e. The Labute approximate surface area is 98.2 Å². The number of rotatable bonds is 4. The van der Waals surface area contributed by atoms with E-state index in [2.05, 4.69) is 18.7 Å². The summed E-state index contributed by atoms with van der Waals surface area (Å²) in [5.41, 5.74) is 7.84. The molecule has 1 aromatic carbocycles. The summed E-state index contributed by atoms with van der Waals surface area (Å²) in [7, 11) is 2.04. The van der Waals surface area contributed by atoms with Crippen molar-refractivity contribution in [1.29, 1.82) is 0 Å². The third-order valence-corrected chi connectivity index (χ3v) is 2.56. The number of nitrogens with zero attached hydrogens (tertiary/aromatic N) is 1. The predicted octanol–water partition coefficient (Wildman–Crippen LogP) is 2.90. The van der Waals surface area contributed by atoms with Gasteiger partial charge in [0.15, 0.2) is 0 Å². The number of para-hydroxylation sites is 1. The molecule has 0 unspecified atom stereocenters. The molecule has 0 heterocycles. The minimum atomic E-state index is 0.141. The number of nitrogens with two attached hydrogens (primary N) is 1. The Morgan fingerprint density at radius 3 is 2.31 bits per heavy atom. The third-order valence-electron chi connectivity index (χ3n) is 2.56. The first-order chi connectivity index (χ1) is 7.43. The number of ether oxygens (including phenoxy) is 1. The normalized spacial score (nSPS) is 10.9. The molecule has 0 spiro atoms. The fourth-order valence-electron chi connectivity index (χ4n) is 1.47. The van der Waals surface area contributed by atoms with Crippen molar-refractivity contribution in [3.05, 3.63) is 18.2 Å². The average molecular weight is 222 g/mol. The zero-order valence-corrected chi connectivity index (χ0v) is 10.8. The summed E-state index contributed by atoms with van der Waals surface area (Å²) in [5, 5.41) is 0. The Morgan fingerprint density at radius 2 is 1.81 bits per heavy atom. The molecule has 1 aromatic rings. The summed E-state index contributed by atoms with van der Waals surface area (Å²) >= 11 is 0. The van der Waals surface area contributed by atoms with Crippen LogP contribution in [0.4, 0.5) is 11.4 Å². The summed E-state index contributed by atoms with van der Waals surface area (Å²) in [6.07, 6.45) is 0.141. The van der Waals surface area contributed by atoms with E-state index in [1.165, 1.54) is 0 Å². The second kappa shape index (κ2) is 5.10. The lowest BCUT2D eigenvalue weighted by Gasteiger charge is -2.26. The summed E-state index contributed by atoms with van der Waals surface area (Å²) < 4.78 is 5.66. The maximum absolute atomic E-state index is 6.10. The molecule has 0 aliphatic heterocycles. The lowest BCUT2D eigenvalue weighted by Crippen LogP contribution is -2.26. The molecule has 2 N–H and O–H groups in total. The molecule has 16 heavy (non-hydrogen) atoms. The van der Waals surface area contributed by atoms with Crippen LogP contribution in [0, 0.1) is 0 Å². The first-order valence-corrected chi connectivity index (χ1v) is 5.71. The first kappa shape index (κ1) is 12.7. The summed E-state index contributed by atoms with van der Waals surface area (Å²) in [5.74, 6) is 0.764. The van der Waals surface area contributed by atoms with Gasteiger partial charge in [0.25, 0.3) is 0 Å². The Morgan fingerprint density at radius 1 is 1.19 bits per heavy atom. The number of benzene rings is 1. The van der Waals surface area contributed by atoms with Gasteiger partial charge in [0.05, 0.1) is 17.5 Å². The van der Waals surface area contributed by atoms with Gasteiger partial charge in [-0.1, -0.05) is 6.07 Å². The Kier molecular flexibility index (Phi) is 4.05. The number of anilines is 2. The molecule has 0 aliphatic carbocycles. The Hall–Kier alpha value is -1.38. The van der Waals surface area contributed by atoms with Crippen LogP contribution in [-0.4, -0.2) is 19.2 Å². The molecule has 0 aliphatic rings. The monoisotopic (exact) mass is 222 g/mol. The molecule has 90 valence electrons. The van der Waals surface area contributed by atoms with E-state index in [0.29, 0.717) is 11.7 Å². The largest absolute Gasteiger partial charge is 0.489 e. The zero-order chi connectivity index (χ0) is 12.3. The molecule has 0 saturated heterocycles. The highest BCUT2D eigenvalue weighted by Gasteiger charge is 2.12. The molecule has 0 bridgehead atoms. The quantitative estimate of drug-likeness (QED) is 0.796. The topological polar surface area (TPSA) is 38.5 Å². The second-order valence-electron chi connectivity index (χ2n) is 4.56. The highest BCUT2D eigenvalue weighted by Crippen LogP contribution is 2.32. The maximum Gasteiger partial charge on any atom is 0.144 e. The molecule has 0 fully saturated rings. The van der Waals surface area contributed by atoms with Crippen LogP contribution in [0.5, 0.6) is 5.75 Å². The number of hydrogen-bond acceptors (Lipinski definition) is 3. The van der Waals surface area contributed by atoms with Gasteiger partial charge >= 0.3 is 0 Å². The lowest BCUT2D eigenvalue weighted by molar-refractivity contribution is 0.244. The van der Waals surface area contributed by atoms with E-state index in [-0.39, 0.29) is 6.10 Å². The van der Waals surface area contributed by atoms with Crippen molar-refractivity contribution in [2.75, 3.05) is 17.7 Å². The molecular weight excluding hydrogens is 200 g/mol. The van der Waals surface area contributed by atoms with Gasteiger partial charge in [-0.2, -0.15) is 0 Å². The van der Waals surface area contributed by atoms with E-state index in [1.807, 2.05) is 39.1 Å². The van der Waals surface area contributed by atoms with E-state index < -0.39 is 0 Å². The number of hydrogen-bond donors (Lipinski definition) is 1. The van der Waals surface area contributed by atoms with E-state index in [9.17, 15) is 0 Å². The highest BCUT2D eigenvalue weighted by atomic mass is 16.5. The molecule has 1 rings (SSSR count). The fourth-order valence-corrected chi connectivity index (χ4v) is 1.47. The third kappa shape index (κ3) is 2.81. The van der Waals surface area contributed by atoms with Crippen LogP contribution in [0.2, 0.25) is 0 Å². The van der Waals surface area contributed by atoms with Crippen molar-refractivity contribution in [2.24, 2.45) is 0 Å². The minimum absolute atomic E-state index is 0.141. The van der Waals surface area contributed by atoms with Crippen LogP contribution >= 0.6 is 0 Å². The van der Waals surface area contributed by atoms with Crippen molar-refractivity contribution in [1.82, 2.24) is 0 Å². The Bertz CT molecular complexity index is 348. The first-order valence-electron chi connectivity index (χ1n) is 5.71. The lowest BCUT2D eigenvalue weighted by atomic mass is 10.2. The van der Waals surface area contributed by atoms with Crippen LogP contribution in [0.3, 0.4) is 0 Å². The van der Waals surface area contributed by atoms with Crippen LogP contribution in [0.25, 0.3) is 0 Å². The van der Waals surface area contributed by atoms with Gasteiger partial charge in [0.2, 0.25) is 0 Å². The predicted molar refractivity (Wildman–Crippen MR) is 70.2 cm³/mol. The Balaban J connectivity index is 3.03. The van der Waals surface area contributed by atoms with Crippen LogP contribution in [-0.2, 0) is 0 Å². The average Bonchev–Trinajstić information content (AvgIpc) is 2.19. The highest BCUT2D eigenvalue weighted by molar-refractivity contribution is 5.74. The van der Waals surface area contributed by atoms with Gasteiger partial charge in [0.1, 0.15) is 5.75 Å². The molecule has 0 atom stereocenters. The van der Waals surface area contributed by atoms with Gasteiger partial charge in [-0.05, 0) is 39.8 Å².